The maximum atomic E-state index is 13.8. The van der Waals surface area contributed by atoms with E-state index in [0.717, 1.165) is 52.9 Å². The number of benzene rings is 2. The molecule has 0 spiro atoms. The molecule has 174 valence electrons. The molecule has 0 atom stereocenters. The van der Waals surface area contributed by atoms with E-state index in [9.17, 15) is 9.59 Å². The SMILES string of the molecule is COc1ccc(NC(=O)CSc2nc3sc4c(c3c(=O)n2-c2ccc(C)cc2)CCCC4)cc1. The van der Waals surface area contributed by atoms with Crippen LogP contribution in [0.2, 0.25) is 0 Å². The second kappa shape index (κ2) is 9.64. The molecule has 1 aliphatic rings. The van der Waals surface area contributed by atoms with Gasteiger partial charge < -0.3 is 10.1 Å². The standard InChI is InChI=1S/C26H25N3O3S2/c1-16-7-11-18(12-8-16)29-25(31)23-20-5-3-4-6-21(20)34-24(23)28-26(29)33-15-22(30)27-17-9-13-19(32-2)14-10-17/h7-14H,3-6,15H2,1-2H3,(H,27,30). The number of thioether (sulfide) groups is 1. The number of aromatic nitrogens is 2. The van der Waals surface area contributed by atoms with E-state index in [0.29, 0.717) is 10.8 Å². The third-order valence-corrected chi connectivity index (χ3v) is 8.08. The van der Waals surface area contributed by atoms with Gasteiger partial charge in [-0.25, -0.2) is 4.98 Å². The van der Waals surface area contributed by atoms with Gasteiger partial charge in [0.2, 0.25) is 5.91 Å². The summed E-state index contributed by atoms with van der Waals surface area (Å²) in [7, 11) is 1.60. The van der Waals surface area contributed by atoms with Crippen LogP contribution in [0.15, 0.2) is 58.5 Å². The number of nitrogens with one attached hydrogen (secondary N) is 1. The summed E-state index contributed by atoms with van der Waals surface area (Å²) < 4.78 is 6.82. The Morgan fingerprint density at radius 3 is 2.59 bits per heavy atom. The summed E-state index contributed by atoms with van der Waals surface area (Å²) in [4.78, 5) is 33.4. The number of hydrogen-bond acceptors (Lipinski definition) is 6. The molecule has 1 amide bonds. The highest BCUT2D eigenvalue weighted by atomic mass is 32.2. The highest BCUT2D eigenvalue weighted by Gasteiger charge is 2.23. The first-order valence-electron chi connectivity index (χ1n) is 11.2. The Labute approximate surface area is 206 Å². The Hall–Kier alpha value is -3.10. The van der Waals surface area contributed by atoms with Gasteiger partial charge >= 0.3 is 0 Å². The number of hydrogen-bond donors (Lipinski definition) is 1. The number of fused-ring (bicyclic) bond motifs is 3. The molecule has 6 nitrogen and oxygen atoms in total. The zero-order chi connectivity index (χ0) is 23.7. The Morgan fingerprint density at radius 2 is 1.85 bits per heavy atom. The molecular formula is C26H25N3O3S2. The van der Waals surface area contributed by atoms with Crippen LogP contribution < -0.4 is 15.6 Å². The maximum Gasteiger partial charge on any atom is 0.267 e. The van der Waals surface area contributed by atoms with E-state index in [-0.39, 0.29) is 17.2 Å². The van der Waals surface area contributed by atoms with Crippen molar-refractivity contribution in [1.29, 1.82) is 0 Å². The predicted molar refractivity (Wildman–Crippen MR) is 139 cm³/mol. The minimum absolute atomic E-state index is 0.0497. The molecule has 0 saturated carbocycles. The van der Waals surface area contributed by atoms with Crippen molar-refractivity contribution in [3.63, 3.8) is 0 Å². The molecule has 4 aromatic rings. The summed E-state index contributed by atoms with van der Waals surface area (Å²) in [5.41, 5.74) is 3.69. The Morgan fingerprint density at radius 1 is 1.12 bits per heavy atom. The largest absolute Gasteiger partial charge is 0.497 e. The van der Waals surface area contributed by atoms with Gasteiger partial charge in [0.25, 0.3) is 5.56 Å². The van der Waals surface area contributed by atoms with Crippen molar-refractivity contribution in [2.75, 3.05) is 18.2 Å². The maximum absolute atomic E-state index is 13.8. The molecule has 0 fully saturated rings. The van der Waals surface area contributed by atoms with Crippen LogP contribution in [-0.4, -0.2) is 28.3 Å². The molecule has 0 unspecified atom stereocenters. The van der Waals surface area contributed by atoms with Crippen LogP contribution in [0.4, 0.5) is 5.69 Å². The molecule has 5 rings (SSSR count). The van der Waals surface area contributed by atoms with Crippen molar-refractivity contribution in [3.8, 4) is 11.4 Å². The van der Waals surface area contributed by atoms with Gasteiger partial charge in [-0.3, -0.25) is 14.2 Å². The molecule has 0 saturated heterocycles. The Kier molecular flexibility index (Phi) is 6.43. The van der Waals surface area contributed by atoms with Crippen molar-refractivity contribution < 1.29 is 9.53 Å². The van der Waals surface area contributed by atoms with Crippen molar-refractivity contribution in [2.24, 2.45) is 0 Å². The number of amides is 1. The molecule has 34 heavy (non-hydrogen) atoms. The highest BCUT2D eigenvalue weighted by molar-refractivity contribution is 7.99. The second-order valence-corrected chi connectivity index (χ2v) is 10.4. The van der Waals surface area contributed by atoms with Gasteiger partial charge in [-0.15, -0.1) is 11.3 Å². The molecule has 0 radical (unpaired) electrons. The van der Waals surface area contributed by atoms with Crippen LogP contribution in [0.3, 0.4) is 0 Å². The van der Waals surface area contributed by atoms with Crippen LogP contribution in [0.1, 0.15) is 28.8 Å². The number of carbonyl (C=O) groups excluding carboxylic acids is 1. The number of anilines is 1. The highest BCUT2D eigenvalue weighted by Crippen LogP contribution is 2.35. The molecular weight excluding hydrogens is 466 g/mol. The summed E-state index contributed by atoms with van der Waals surface area (Å²) >= 11 is 2.90. The fraction of sp³-hybridized carbons (Fsp3) is 0.269. The summed E-state index contributed by atoms with van der Waals surface area (Å²) in [6.07, 6.45) is 4.19. The van der Waals surface area contributed by atoms with Crippen LogP contribution in [0, 0.1) is 6.92 Å². The smallest absolute Gasteiger partial charge is 0.267 e. The lowest BCUT2D eigenvalue weighted by molar-refractivity contribution is -0.113. The first-order valence-corrected chi connectivity index (χ1v) is 13.0. The van der Waals surface area contributed by atoms with E-state index >= 15 is 0 Å². The van der Waals surface area contributed by atoms with Crippen molar-refractivity contribution >= 4 is 44.9 Å². The van der Waals surface area contributed by atoms with E-state index in [1.807, 2.05) is 31.2 Å². The number of ether oxygens (including phenoxy) is 1. The fourth-order valence-corrected chi connectivity index (χ4v) is 6.32. The monoisotopic (exact) mass is 491 g/mol. The van der Waals surface area contributed by atoms with Crippen LogP contribution in [0.25, 0.3) is 15.9 Å². The van der Waals surface area contributed by atoms with Crippen molar-refractivity contribution in [2.45, 2.75) is 37.8 Å². The molecule has 2 aromatic carbocycles. The molecule has 1 aliphatic carbocycles. The third kappa shape index (κ3) is 4.48. The lowest BCUT2D eigenvalue weighted by Crippen LogP contribution is -2.23. The van der Waals surface area contributed by atoms with Crippen LogP contribution >= 0.6 is 23.1 Å². The lowest BCUT2D eigenvalue weighted by Gasteiger charge is -2.14. The van der Waals surface area contributed by atoms with E-state index < -0.39 is 0 Å². The number of methoxy groups -OCH3 is 1. The normalized spacial score (nSPS) is 13.0. The number of thiophene rings is 1. The van der Waals surface area contributed by atoms with Gasteiger partial charge in [0, 0.05) is 10.6 Å². The van der Waals surface area contributed by atoms with E-state index in [4.69, 9.17) is 9.72 Å². The molecule has 2 heterocycles. The molecule has 8 heteroatoms. The van der Waals surface area contributed by atoms with Gasteiger partial charge in [0.15, 0.2) is 5.16 Å². The number of aryl methyl sites for hydroxylation is 3. The predicted octanol–water partition coefficient (Wildman–Crippen LogP) is 5.37. The summed E-state index contributed by atoms with van der Waals surface area (Å²) in [5, 5.41) is 4.17. The average Bonchev–Trinajstić information content (AvgIpc) is 3.23. The van der Waals surface area contributed by atoms with E-state index in [2.05, 4.69) is 5.32 Å². The van der Waals surface area contributed by atoms with Crippen molar-refractivity contribution in [1.82, 2.24) is 9.55 Å². The minimum atomic E-state index is -0.162. The van der Waals surface area contributed by atoms with Gasteiger partial charge in [-0.2, -0.15) is 0 Å². The quantitative estimate of drug-likeness (QED) is 0.290. The average molecular weight is 492 g/mol. The molecule has 1 N–H and O–H groups in total. The number of nitrogens with zero attached hydrogens (tertiary/aromatic N) is 2. The summed E-state index contributed by atoms with van der Waals surface area (Å²) in [6.45, 7) is 2.02. The van der Waals surface area contributed by atoms with Crippen LogP contribution in [-0.2, 0) is 17.6 Å². The second-order valence-electron chi connectivity index (χ2n) is 8.33. The molecule has 2 aromatic heterocycles. The van der Waals surface area contributed by atoms with E-state index in [1.54, 1.807) is 47.3 Å². The zero-order valence-electron chi connectivity index (χ0n) is 19.1. The molecule has 0 aliphatic heterocycles. The van der Waals surface area contributed by atoms with E-state index in [1.165, 1.54) is 22.2 Å². The van der Waals surface area contributed by atoms with Gasteiger partial charge in [0.05, 0.1) is 23.9 Å². The Balaban J connectivity index is 1.48. The first kappa shape index (κ1) is 22.7. The minimum Gasteiger partial charge on any atom is -0.497 e. The topological polar surface area (TPSA) is 73.2 Å². The van der Waals surface area contributed by atoms with Crippen molar-refractivity contribution in [3.05, 3.63) is 74.9 Å². The zero-order valence-corrected chi connectivity index (χ0v) is 20.7. The van der Waals surface area contributed by atoms with Gasteiger partial charge in [-0.1, -0.05) is 29.5 Å². The van der Waals surface area contributed by atoms with Gasteiger partial charge in [0.1, 0.15) is 10.6 Å². The summed E-state index contributed by atoms with van der Waals surface area (Å²) in [5.74, 6) is 0.706. The van der Waals surface area contributed by atoms with Gasteiger partial charge in [-0.05, 0) is 74.6 Å². The third-order valence-electron chi connectivity index (χ3n) is 5.96. The Bertz CT molecular complexity index is 1410. The molecule has 0 bridgehead atoms. The fourth-order valence-electron chi connectivity index (χ4n) is 4.21. The van der Waals surface area contributed by atoms with Crippen LogP contribution in [0.5, 0.6) is 5.75 Å². The number of rotatable bonds is 6. The first-order chi connectivity index (χ1) is 16.5. The lowest BCUT2D eigenvalue weighted by atomic mass is 9.97. The number of carbonyl (C=O) groups is 1. The summed E-state index contributed by atoms with van der Waals surface area (Å²) in [6, 6.07) is 15.0.